The van der Waals surface area contributed by atoms with E-state index in [1.807, 2.05) is 0 Å². The topological polar surface area (TPSA) is 85.1 Å². The molecule has 1 aliphatic rings. The third kappa shape index (κ3) is 2.36. The number of halogens is 1. The molecule has 0 spiro atoms. The molecule has 0 radical (unpaired) electrons. The minimum absolute atomic E-state index is 0.0859. The summed E-state index contributed by atoms with van der Waals surface area (Å²) in [6.45, 7) is 0. The molecular formula is C12H12FN3O2S2. The van der Waals surface area contributed by atoms with Gasteiger partial charge < -0.3 is 5.73 Å². The summed E-state index contributed by atoms with van der Waals surface area (Å²) < 4.78 is 40.0. The summed E-state index contributed by atoms with van der Waals surface area (Å²) in [6.07, 6.45) is 2.87. The molecule has 1 aromatic carbocycles. The summed E-state index contributed by atoms with van der Waals surface area (Å²) in [6, 6.07) is 3.40. The van der Waals surface area contributed by atoms with Gasteiger partial charge in [-0.3, -0.25) is 4.72 Å². The number of nitrogen functional groups attached to an aromatic ring is 1. The van der Waals surface area contributed by atoms with Crippen LogP contribution in [0.25, 0.3) is 0 Å². The molecule has 3 N–H and O–H groups in total. The Hall–Kier alpha value is -1.67. The number of thiazole rings is 1. The summed E-state index contributed by atoms with van der Waals surface area (Å²) >= 11 is 1.33. The number of fused-ring (bicyclic) bond motifs is 1. The van der Waals surface area contributed by atoms with Crippen molar-refractivity contribution in [3.63, 3.8) is 0 Å². The number of sulfonamides is 1. The van der Waals surface area contributed by atoms with Crippen LogP contribution in [-0.4, -0.2) is 13.4 Å². The van der Waals surface area contributed by atoms with Crippen molar-refractivity contribution in [3.8, 4) is 0 Å². The van der Waals surface area contributed by atoms with Crippen LogP contribution >= 0.6 is 11.3 Å². The number of aromatic nitrogens is 1. The first-order chi connectivity index (χ1) is 9.45. The summed E-state index contributed by atoms with van der Waals surface area (Å²) in [4.78, 5) is 5.20. The van der Waals surface area contributed by atoms with Crippen molar-refractivity contribution < 1.29 is 12.8 Å². The molecule has 5 nitrogen and oxygen atoms in total. The molecule has 0 aliphatic heterocycles. The lowest BCUT2D eigenvalue weighted by molar-refractivity contribution is 0.596. The SMILES string of the molecule is Nc1ccc(S(=O)(=O)Nc2nc3c(s2)CCC3)cc1F. The van der Waals surface area contributed by atoms with Crippen LogP contribution in [0.1, 0.15) is 17.0 Å². The average molecular weight is 313 g/mol. The molecule has 1 heterocycles. The number of benzene rings is 1. The number of anilines is 2. The van der Waals surface area contributed by atoms with E-state index in [4.69, 9.17) is 5.73 Å². The Labute approximate surface area is 119 Å². The Morgan fingerprint density at radius 1 is 1.35 bits per heavy atom. The van der Waals surface area contributed by atoms with Crippen molar-refractivity contribution in [2.75, 3.05) is 10.5 Å². The van der Waals surface area contributed by atoms with Gasteiger partial charge >= 0.3 is 0 Å². The minimum Gasteiger partial charge on any atom is -0.396 e. The first kappa shape index (κ1) is 13.3. The fourth-order valence-electron chi connectivity index (χ4n) is 2.08. The molecule has 0 saturated heterocycles. The average Bonchev–Trinajstić information content (AvgIpc) is 2.92. The maximum atomic E-state index is 13.4. The van der Waals surface area contributed by atoms with Crippen molar-refractivity contribution in [2.24, 2.45) is 0 Å². The molecule has 0 amide bonds. The molecule has 2 aromatic rings. The molecule has 0 atom stereocenters. The Bertz CT molecular complexity index is 750. The molecule has 0 saturated carbocycles. The zero-order valence-corrected chi connectivity index (χ0v) is 12.0. The fraction of sp³-hybridized carbons (Fsp3) is 0.250. The molecule has 20 heavy (non-hydrogen) atoms. The molecule has 106 valence electrons. The van der Waals surface area contributed by atoms with Crippen LogP contribution in [0, 0.1) is 5.82 Å². The number of nitrogens with two attached hydrogens (primary N) is 1. The Morgan fingerprint density at radius 3 is 2.85 bits per heavy atom. The molecule has 0 bridgehead atoms. The van der Waals surface area contributed by atoms with Crippen molar-refractivity contribution in [3.05, 3.63) is 34.6 Å². The summed E-state index contributed by atoms with van der Waals surface area (Å²) in [7, 11) is -3.84. The number of hydrogen-bond acceptors (Lipinski definition) is 5. The van der Waals surface area contributed by atoms with E-state index in [2.05, 4.69) is 9.71 Å². The predicted octanol–water partition coefficient (Wildman–Crippen LogP) is 2.15. The second-order valence-corrected chi connectivity index (χ2v) is 7.30. The Morgan fingerprint density at radius 2 is 2.15 bits per heavy atom. The lowest BCUT2D eigenvalue weighted by Gasteiger charge is -2.06. The maximum absolute atomic E-state index is 13.4. The van der Waals surface area contributed by atoms with Gasteiger partial charge in [0.15, 0.2) is 5.13 Å². The van der Waals surface area contributed by atoms with E-state index >= 15 is 0 Å². The Balaban J connectivity index is 1.89. The third-order valence-electron chi connectivity index (χ3n) is 3.10. The van der Waals surface area contributed by atoms with Gasteiger partial charge in [0.1, 0.15) is 5.82 Å². The highest BCUT2D eigenvalue weighted by atomic mass is 32.2. The van der Waals surface area contributed by atoms with Gasteiger partial charge in [-0.15, -0.1) is 11.3 Å². The lowest BCUT2D eigenvalue weighted by Crippen LogP contribution is -2.13. The highest BCUT2D eigenvalue weighted by molar-refractivity contribution is 7.93. The fourth-order valence-corrected chi connectivity index (χ4v) is 4.38. The van der Waals surface area contributed by atoms with E-state index < -0.39 is 15.8 Å². The highest BCUT2D eigenvalue weighted by Gasteiger charge is 2.21. The largest absolute Gasteiger partial charge is 0.396 e. The molecule has 8 heteroatoms. The van der Waals surface area contributed by atoms with Crippen LogP contribution in [0.3, 0.4) is 0 Å². The van der Waals surface area contributed by atoms with Gasteiger partial charge in [-0.05, 0) is 37.5 Å². The van der Waals surface area contributed by atoms with Crippen LogP contribution in [0.2, 0.25) is 0 Å². The number of rotatable bonds is 3. The van der Waals surface area contributed by atoms with Gasteiger partial charge in [-0.2, -0.15) is 0 Å². The van der Waals surface area contributed by atoms with Crippen LogP contribution in [-0.2, 0) is 22.9 Å². The lowest BCUT2D eigenvalue weighted by atomic mass is 10.3. The summed E-state index contributed by atoms with van der Waals surface area (Å²) in [5.74, 6) is -0.755. The first-order valence-electron chi connectivity index (χ1n) is 6.02. The molecule has 0 unspecified atom stereocenters. The van der Waals surface area contributed by atoms with Crippen molar-refractivity contribution in [1.29, 1.82) is 0 Å². The van der Waals surface area contributed by atoms with Gasteiger partial charge in [-0.1, -0.05) is 0 Å². The first-order valence-corrected chi connectivity index (χ1v) is 8.32. The Kier molecular flexibility index (Phi) is 3.14. The van der Waals surface area contributed by atoms with Gasteiger partial charge in [0, 0.05) is 4.88 Å². The van der Waals surface area contributed by atoms with Crippen LogP contribution in [0.15, 0.2) is 23.1 Å². The highest BCUT2D eigenvalue weighted by Crippen LogP contribution is 2.31. The van der Waals surface area contributed by atoms with Crippen molar-refractivity contribution in [2.45, 2.75) is 24.2 Å². The second-order valence-electron chi connectivity index (χ2n) is 4.53. The van der Waals surface area contributed by atoms with E-state index in [0.29, 0.717) is 5.13 Å². The molecule has 1 aliphatic carbocycles. The van der Waals surface area contributed by atoms with E-state index in [0.717, 1.165) is 35.9 Å². The number of hydrogen-bond donors (Lipinski definition) is 2. The molecule has 1 aromatic heterocycles. The zero-order chi connectivity index (χ0) is 14.3. The van der Waals surface area contributed by atoms with Crippen molar-refractivity contribution >= 4 is 32.2 Å². The molecular weight excluding hydrogens is 301 g/mol. The second kappa shape index (κ2) is 4.71. The zero-order valence-electron chi connectivity index (χ0n) is 10.4. The van der Waals surface area contributed by atoms with Gasteiger partial charge in [-0.25, -0.2) is 17.8 Å². The van der Waals surface area contributed by atoms with Gasteiger partial charge in [0.25, 0.3) is 10.0 Å². The number of nitrogens with one attached hydrogen (secondary N) is 1. The standard InChI is InChI=1S/C12H12FN3O2S2/c13-8-6-7(4-5-9(8)14)20(17,18)16-12-15-10-2-1-3-11(10)19-12/h4-6H,1-3,14H2,(H,15,16). The molecule has 0 fully saturated rings. The normalized spacial score (nSPS) is 14.2. The maximum Gasteiger partial charge on any atom is 0.263 e. The minimum atomic E-state index is -3.84. The van der Waals surface area contributed by atoms with E-state index in [-0.39, 0.29) is 10.6 Å². The third-order valence-corrected chi connectivity index (χ3v) is 5.64. The van der Waals surface area contributed by atoms with Gasteiger partial charge in [0.05, 0.1) is 16.3 Å². The van der Waals surface area contributed by atoms with E-state index in [1.165, 1.54) is 23.5 Å². The predicted molar refractivity (Wildman–Crippen MR) is 75.8 cm³/mol. The van der Waals surface area contributed by atoms with Gasteiger partial charge in [0.2, 0.25) is 0 Å². The summed E-state index contributed by atoms with van der Waals surface area (Å²) in [5.41, 5.74) is 6.20. The van der Waals surface area contributed by atoms with E-state index in [1.54, 1.807) is 0 Å². The smallest absolute Gasteiger partial charge is 0.263 e. The number of nitrogens with zero attached hydrogens (tertiary/aromatic N) is 1. The quantitative estimate of drug-likeness (QED) is 0.850. The van der Waals surface area contributed by atoms with Crippen LogP contribution in [0.5, 0.6) is 0 Å². The van der Waals surface area contributed by atoms with Crippen LogP contribution in [0.4, 0.5) is 15.2 Å². The summed E-state index contributed by atoms with van der Waals surface area (Å²) in [5, 5.41) is 0.326. The van der Waals surface area contributed by atoms with Crippen LogP contribution < -0.4 is 10.5 Å². The van der Waals surface area contributed by atoms with E-state index in [9.17, 15) is 12.8 Å². The monoisotopic (exact) mass is 313 g/mol. The molecule has 3 rings (SSSR count). The van der Waals surface area contributed by atoms with Crippen molar-refractivity contribution in [1.82, 2.24) is 4.98 Å². The number of aryl methyl sites for hydroxylation is 2.